The van der Waals surface area contributed by atoms with Gasteiger partial charge in [0.25, 0.3) is 0 Å². The van der Waals surface area contributed by atoms with Crippen molar-refractivity contribution in [1.82, 2.24) is 4.72 Å². The highest BCUT2D eigenvalue weighted by molar-refractivity contribution is 7.89. The van der Waals surface area contributed by atoms with Gasteiger partial charge >= 0.3 is 0 Å². The van der Waals surface area contributed by atoms with Gasteiger partial charge in [0.15, 0.2) is 0 Å². The third-order valence-corrected chi connectivity index (χ3v) is 5.61. The summed E-state index contributed by atoms with van der Waals surface area (Å²) in [6, 6.07) is 6.62. The summed E-state index contributed by atoms with van der Waals surface area (Å²) < 4.78 is 33.3. The summed E-state index contributed by atoms with van der Waals surface area (Å²) in [5.41, 5.74) is 0.331. The van der Waals surface area contributed by atoms with Gasteiger partial charge in [-0.1, -0.05) is 6.07 Å². The molecule has 5 nitrogen and oxygen atoms in total. The van der Waals surface area contributed by atoms with E-state index in [1.807, 2.05) is 19.9 Å². The van der Waals surface area contributed by atoms with E-state index in [9.17, 15) is 8.42 Å². The van der Waals surface area contributed by atoms with Crippen molar-refractivity contribution >= 4 is 10.0 Å². The van der Waals surface area contributed by atoms with Gasteiger partial charge in [0.1, 0.15) is 0 Å². The average Bonchev–Trinajstić information content (AvgIpc) is 2.68. The van der Waals surface area contributed by atoms with Crippen molar-refractivity contribution in [3.63, 3.8) is 0 Å². The smallest absolute Gasteiger partial charge is 0.241 e. The molecule has 0 radical (unpaired) electrons. The molecule has 1 N–H and O–H groups in total. The van der Waals surface area contributed by atoms with Gasteiger partial charge in [-0.2, -0.15) is 5.26 Å². The zero-order valence-electron chi connectivity index (χ0n) is 11.8. The van der Waals surface area contributed by atoms with Crippen molar-refractivity contribution in [2.45, 2.75) is 43.7 Å². The summed E-state index contributed by atoms with van der Waals surface area (Å²) in [6.07, 6.45) is 0.446. The molecule has 1 heterocycles. The van der Waals surface area contributed by atoms with E-state index < -0.39 is 15.6 Å². The zero-order chi connectivity index (χ0) is 15.0. The molecule has 0 aliphatic carbocycles. The first-order valence-electron chi connectivity index (χ1n) is 6.45. The fraction of sp³-hybridized carbons (Fsp3) is 0.500. The van der Waals surface area contributed by atoms with Crippen molar-refractivity contribution in [3.8, 4) is 6.07 Å². The number of ether oxygens (including phenoxy) is 1. The number of rotatable bonds is 3. The van der Waals surface area contributed by atoms with E-state index in [1.54, 1.807) is 19.1 Å². The fourth-order valence-electron chi connectivity index (χ4n) is 2.29. The van der Waals surface area contributed by atoms with E-state index >= 15 is 0 Å². The van der Waals surface area contributed by atoms with Gasteiger partial charge in [0.2, 0.25) is 10.0 Å². The number of aryl methyl sites for hydroxylation is 1. The quantitative estimate of drug-likeness (QED) is 0.920. The first kappa shape index (κ1) is 15.0. The minimum atomic E-state index is -3.68. The molecule has 1 aliphatic heterocycles. The molecule has 0 saturated carbocycles. The average molecular weight is 294 g/mol. The monoisotopic (exact) mass is 294 g/mol. The molecular formula is C14H18N2O3S. The number of hydrogen-bond acceptors (Lipinski definition) is 4. The minimum absolute atomic E-state index is 0.150. The summed E-state index contributed by atoms with van der Waals surface area (Å²) in [6.45, 7) is 5.95. The second-order valence-electron chi connectivity index (χ2n) is 5.38. The SMILES string of the molecule is Cc1ccc(C#N)cc1S(=O)(=O)NC1(C)CCOC1C. The lowest BCUT2D eigenvalue weighted by Crippen LogP contribution is -2.50. The van der Waals surface area contributed by atoms with E-state index in [4.69, 9.17) is 10.00 Å². The van der Waals surface area contributed by atoms with Crippen LogP contribution in [-0.4, -0.2) is 26.7 Å². The van der Waals surface area contributed by atoms with Crippen molar-refractivity contribution in [2.24, 2.45) is 0 Å². The van der Waals surface area contributed by atoms with Crippen molar-refractivity contribution < 1.29 is 13.2 Å². The second kappa shape index (κ2) is 5.17. The highest BCUT2D eigenvalue weighted by Gasteiger charge is 2.40. The Bertz CT molecular complexity index is 663. The van der Waals surface area contributed by atoms with E-state index in [0.717, 1.165) is 0 Å². The number of sulfonamides is 1. The normalized spacial score (nSPS) is 26.4. The van der Waals surface area contributed by atoms with E-state index in [2.05, 4.69) is 4.72 Å². The number of benzene rings is 1. The Labute approximate surface area is 119 Å². The molecule has 2 atom stereocenters. The van der Waals surface area contributed by atoms with Gasteiger partial charge in [-0.25, -0.2) is 13.1 Å². The van der Waals surface area contributed by atoms with Crippen LogP contribution in [0.3, 0.4) is 0 Å². The highest BCUT2D eigenvalue weighted by atomic mass is 32.2. The third-order valence-electron chi connectivity index (χ3n) is 3.86. The Hall–Kier alpha value is -1.42. The van der Waals surface area contributed by atoms with Crippen LogP contribution in [0.15, 0.2) is 23.1 Å². The van der Waals surface area contributed by atoms with Gasteiger partial charge < -0.3 is 4.74 Å². The summed E-state index contributed by atoms with van der Waals surface area (Å²) in [5.74, 6) is 0. The van der Waals surface area contributed by atoms with Crippen molar-refractivity contribution in [1.29, 1.82) is 5.26 Å². The van der Waals surface area contributed by atoms with Crippen LogP contribution in [0, 0.1) is 18.3 Å². The number of nitriles is 1. The lowest BCUT2D eigenvalue weighted by atomic mass is 9.97. The van der Waals surface area contributed by atoms with Crippen LogP contribution >= 0.6 is 0 Å². The summed E-state index contributed by atoms with van der Waals surface area (Å²) >= 11 is 0. The van der Waals surface area contributed by atoms with Crippen LogP contribution in [-0.2, 0) is 14.8 Å². The van der Waals surface area contributed by atoms with E-state index in [1.165, 1.54) is 6.07 Å². The molecule has 1 aliphatic rings. The predicted molar refractivity (Wildman–Crippen MR) is 74.7 cm³/mol. The highest BCUT2D eigenvalue weighted by Crippen LogP contribution is 2.28. The molecule has 0 aromatic heterocycles. The van der Waals surface area contributed by atoms with Gasteiger partial charge in [0, 0.05) is 6.61 Å². The van der Waals surface area contributed by atoms with Crippen LogP contribution in [0.2, 0.25) is 0 Å². The topological polar surface area (TPSA) is 79.2 Å². The Kier molecular flexibility index (Phi) is 3.87. The Morgan fingerprint density at radius 1 is 1.50 bits per heavy atom. The summed E-state index contributed by atoms with van der Waals surface area (Å²) in [7, 11) is -3.68. The van der Waals surface area contributed by atoms with Crippen LogP contribution in [0.4, 0.5) is 0 Å². The van der Waals surface area contributed by atoms with E-state index in [0.29, 0.717) is 24.2 Å². The lowest BCUT2D eigenvalue weighted by molar-refractivity contribution is 0.0957. The van der Waals surface area contributed by atoms with E-state index in [-0.39, 0.29) is 11.0 Å². The van der Waals surface area contributed by atoms with Gasteiger partial charge in [-0.05, 0) is 44.9 Å². The molecule has 1 aromatic carbocycles. The molecule has 0 spiro atoms. The summed E-state index contributed by atoms with van der Waals surface area (Å²) in [5, 5.41) is 8.91. The second-order valence-corrected chi connectivity index (χ2v) is 7.03. The lowest BCUT2D eigenvalue weighted by Gasteiger charge is -2.28. The predicted octanol–water partition coefficient (Wildman–Crippen LogP) is 1.71. The molecule has 1 saturated heterocycles. The number of hydrogen-bond donors (Lipinski definition) is 1. The molecule has 6 heteroatoms. The molecular weight excluding hydrogens is 276 g/mol. The fourth-order valence-corrected chi connectivity index (χ4v) is 4.06. The molecule has 20 heavy (non-hydrogen) atoms. The largest absolute Gasteiger partial charge is 0.376 e. The Morgan fingerprint density at radius 3 is 2.75 bits per heavy atom. The number of nitrogens with zero attached hydrogens (tertiary/aromatic N) is 1. The molecule has 0 amide bonds. The maximum Gasteiger partial charge on any atom is 0.241 e. The Morgan fingerprint density at radius 2 is 2.20 bits per heavy atom. The van der Waals surface area contributed by atoms with Crippen LogP contribution in [0.25, 0.3) is 0 Å². The van der Waals surface area contributed by atoms with Crippen LogP contribution in [0.1, 0.15) is 31.4 Å². The zero-order valence-corrected chi connectivity index (χ0v) is 12.6. The maximum absolute atomic E-state index is 12.6. The minimum Gasteiger partial charge on any atom is -0.376 e. The van der Waals surface area contributed by atoms with Gasteiger partial charge in [-0.3, -0.25) is 0 Å². The van der Waals surface area contributed by atoms with Gasteiger partial charge in [0.05, 0.1) is 28.2 Å². The van der Waals surface area contributed by atoms with Gasteiger partial charge in [-0.15, -0.1) is 0 Å². The first-order valence-corrected chi connectivity index (χ1v) is 7.93. The number of nitrogens with one attached hydrogen (secondary N) is 1. The van der Waals surface area contributed by atoms with Crippen LogP contribution < -0.4 is 4.72 Å². The summed E-state index contributed by atoms with van der Waals surface area (Å²) in [4.78, 5) is 0.150. The third kappa shape index (κ3) is 2.70. The van der Waals surface area contributed by atoms with Crippen molar-refractivity contribution in [2.75, 3.05) is 6.61 Å². The Balaban J connectivity index is 2.39. The molecule has 2 rings (SSSR count). The first-order chi connectivity index (χ1) is 9.28. The maximum atomic E-state index is 12.6. The molecule has 108 valence electrons. The van der Waals surface area contributed by atoms with Crippen molar-refractivity contribution in [3.05, 3.63) is 29.3 Å². The van der Waals surface area contributed by atoms with Crippen LogP contribution in [0.5, 0.6) is 0 Å². The standard InChI is InChI=1S/C14H18N2O3S/c1-10-4-5-12(9-15)8-13(10)20(17,18)16-14(3)6-7-19-11(14)2/h4-5,8,11,16H,6-7H2,1-3H3. The molecule has 1 fully saturated rings. The molecule has 0 bridgehead atoms. The molecule has 2 unspecified atom stereocenters. The molecule has 1 aromatic rings.